The van der Waals surface area contributed by atoms with Crippen LogP contribution in [0.15, 0.2) is 53.1 Å². The van der Waals surface area contributed by atoms with Crippen molar-refractivity contribution in [1.82, 2.24) is 25.4 Å². The van der Waals surface area contributed by atoms with Crippen molar-refractivity contribution in [1.29, 1.82) is 0 Å². The number of halogens is 1. The van der Waals surface area contributed by atoms with Gasteiger partial charge in [-0.05, 0) is 42.5 Å². The number of nitrogens with one attached hydrogen (secondary N) is 2. The summed E-state index contributed by atoms with van der Waals surface area (Å²) in [4.78, 5) is 5.97. The van der Waals surface area contributed by atoms with Gasteiger partial charge >= 0.3 is 0 Å². The Morgan fingerprint density at radius 3 is 2.83 bits per heavy atom. The van der Waals surface area contributed by atoms with Gasteiger partial charge in [0, 0.05) is 30.9 Å². The minimum absolute atomic E-state index is 0.160. The molecule has 29 heavy (non-hydrogen) atoms. The van der Waals surface area contributed by atoms with Crippen molar-refractivity contribution < 1.29 is 4.39 Å². The largest absolute Gasteiger partial charge is 0.355 e. The molecule has 0 aliphatic carbocycles. The van der Waals surface area contributed by atoms with Crippen LogP contribution in [-0.4, -0.2) is 33.8 Å². The van der Waals surface area contributed by atoms with Gasteiger partial charge in [-0.1, -0.05) is 25.1 Å². The van der Waals surface area contributed by atoms with Gasteiger partial charge in [0.2, 0.25) is 0 Å². The first kappa shape index (κ1) is 21.0. The van der Waals surface area contributed by atoms with Gasteiger partial charge in [-0.2, -0.15) is 0 Å². The summed E-state index contributed by atoms with van der Waals surface area (Å²) in [6, 6.07) is 10.9. The highest BCUT2D eigenvalue weighted by Gasteiger charge is 2.09. The number of thiophene rings is 1. The van der Waals surface area contributed by atoms with Crippen LogP contribution in [0.2, 0.25) is 0 Å². The molecule has 2 N–H and O–H groups in total. The third kappa shape index (κ3) is 6.39. The summed E-state index contributed by atoms with van der Waals surface area (Å²) in [7, 11) is 0. The maximum Gasteiger partial charge on any atom is 0.191 e. The second-order valence-corrected chi connectivity index (χ2v) is 7.69. The van der Waals surface area contributed by atoms with Gasteiger partial charge in [0.15, 0.2) is 5.96 Å². The Labute approximate surface area is 174 Å². The third-order valence-corrected chi connectivity index (χ3v) is 5.62. The van der Waals surface area contributed by atoms with Crippen molar-refractivity contribution in [2.24, 2.45) is 4.99 Å². The summed E-state index contributed by atoms with van der Waals surface area (Å²) in [5, 5.41) is 17.0. The standard InChI is InChI=1S/C21H27FN6S/c1-3-20-27-25-15-28(20)13-12-24-21(26-16(2)19-5-4-14-29-19)23-11-10-17-6-8-18(22)9-7-17/h4-9,14-16H,3,10-13H2,1-2H3,(H2,23,24,26). The molecule has 1 atom stereocenters. The van der Waals surface area contributed by atoms with Gasteiger partial charge < -0.3 is 15.2 Å². The zero-order chi connectivity index (χ0) is 20.5. The van der Waals surface area contributed by atoms with Gasteiger partial charge in [0.25, 0.3) is 0 Å². The Morgan fingerprint density at radius 1 is 1.28 bits per heavy atom. The first-order chi connectivity index (χ1) is 14.2. The molecule has 3 aromatic rings. The zero-order valence-electron chi connectivity index (χ0n) is 16.8. The number of hydrogen-bond donors (Lipinski definition) is 2. The van der Waals surface area contributed by atoms with E-state index in [0.29, 0.717) is 13.1 Å². The fraction of sp³-hybridized carbons (Fsp3) is 0.381. The van der Waals surface area contributed by atoms with E-state index in [2.05, 4.69) is 52.2 Å². The van der Waals surface area contributed by atoms with Gasteiger partial charge in [-0.3, -0.25) is 4.99 Å². The van der Waals surface area contributed by atoms with Crippen LogP contribution < -0.4 is 10.6 Å². The van der Waals surface area contributed by atoms with Crippen LogP contribution in [0.1, 0.15) is 36.2 Å². The molecule has 0 aliphatic heterocycles. The van der Waals surface area contributed by atoms with E-state index in [4.69, 9.17) is 4.99 Å². The number of hydrogen-bond acceptors (Lipinski definition) is 4. The minimum Gasteiger partial charge on any atom is -0.355 e. The molecule has 0 saturated carbocycles. The Morgan fingerprint density at radius 2 is 2.10 bits per heavy atom. The predicted octanol–water partition coefficient (Wildman–Crippen LogP) is 3.58. The summed E-state index contributed by atoms with van der Waals surface area (Å²) in [5.74, 6) is 1.52. The second kappa shape index (κ2) is 10.7. The maximum absolute atomic E-state index is 13.1. The van der Waals surface area contributed by atoms with Crippen LogP contribution in [0.4, 0.5) is 4.39 Å². The molecule has 154 valence electrons. The highest BCUT2D eigenvalue weighted by atomic mass is 32.1. The molecule has 0 spiro atoms. The number of aromatic nitrogens is 3. The first-order valence-electron chi connectivity index (χ1n) is 9.85. The number of guanidine groups is 1. The molecule has 3 rings (SSSR count). The van der Waals surface area contributed by atoms with Crippen LogP contribution in [-0.2, 0) is 19.4 Å². The van der Waals surface area contributed by atoms with E-state index in [1.54, 1.807) is 29.8 Å². The topological polar surface area (TPSA) is 67.1 Å². The molecule has 1 unspecified atom stereocenters. The summed E-state index contributed by atoms with van der Waals surface area (Å²) < 4.78 is 15.1. The van der Waals surface area contributed by atoms with E-state index in [0.717, 1.165) is 36.7 Å². The molecular formula is C21H27FN6S. The van der Waals surface area contributed by atoms with Crippen LogP contribution in [0.25, 0.3) is 0 Å². The van der Waals surface area contributed by atoms with Gasteiger partial charge in [-0.15, -0.1) is 21.5 Å². The summed E-state index contributed by atoms with van der Waals surface area (Å²) in [6.07, 6.45) is 3.37. The van der Waals surface area contributed by atoms with Crippen molar-refractivity contribution in [3.05, 3.63) is 70.2 Å². The van der Waals surface area contributed by atoms with Crippen LogP contribution in [0, 0.1) is 5.82 Å². The van der Waals surface area contributed by atoms with Crippen molar-refractivity contribution in [2.75, 3.05) is 13.1 Å². The number of aryl methyl sites for hydroxylation is 1. The summed E-state index contributed by atoms with van der Waals surface area (Å²) in [5.41, 5.74) is 1.07. The molecule has 0 fully saturated rings. The summed E-state index contributed by atoms with van der Waals surface area (Å²) >= 11 is 1.72. The molecule has 0 aliphatic rings. The number of nitrogens with zero attached hydrogens (tertiary/aromatic N) is 4. The average molecular weight is 415 g/mol. The van der Waals surface area contributed by atoms with E-state index in [9.17, 15) is 4.39 Å². The minimum atomic E-state index is -0.216. The van der Waals surface area contributed by atoms with E-state index in [1.165, 1.54) is 17.0 Å². The summed E-state index contributed by atoms with van der Waals surface area (Å²) in [6.45, 7) is 6.29. The lowest BCUT2D eigenvalue weighted by Gasteiger charge is -2.18. The monoisotopic (exact) mass is 414 g/mol. The molecule has 0 radical (unpaired) electrons. The molecule has 1 aromatic carbocycles. The molecule has 2 aromatic heterocycles. The highest BCUT2D eigenvalue weighted by Crippen LogP contribution is 2.17. The fourth-order valence-corrected chi connectivity index (χ4v) is 3.68. The van der Waals surface area contributed by atoms with E-state index in [-0.39, 0.29) is 11.9 Å². The quantitative estimate of drug-likeness (QED) is 0.415. The lowest BCUT2D eigenvalue weighted by Crippen LogP contribution is -2.40. The van der Waals surface area contributed by atoms with Gasteiger partial charge in [0.1, 0.15) is 18.0 Å². The van der Waals surface area contributed by atoms with Gasteiger partial charge in [-0.25, -0.2) is 4.39 Å². The first-order valence-corrected chi connectivity index (χ1v) is 10.7. The van der Waals surface area contributed by atoms with E-state index < -0.39 is 0 Å². The smallest absolute Gasteiger partial charge is 0.191 e. The maximum atomic E-state index is 13.1. The van der Waals surface area contributed by atoms with Crippen molar-refractivity contribution in [3.63, 3.8) is 0 Å². The van der Waals surface area contributed by atoms with Crippen molar-refractivity contribution in [3.8, 4) is 0 Å². The highest BCUT2D eigenvalue weighted by molar-refractivity contribution is 7.10. The average Bonchev–Trinajstić information content (AvgIpc) is 3.41. The lowest BCUT2D eigenvalue weighted by molar-refractivity contribution is 0.620. The molecule has 0 amide bonds. The Hall–Kier alpha value is -2.74. The fourth-order valence-electron chi connectivity index (χ4n) is 2.95. The second-order valence-electron chi connectivity index (χ2n) is 6.71. The number of aliphatic imine (C=N–C) groups is 1. The molecule has 0 bridgehead atoms. The van der Waals surface area contributed by atoms with Crippen molar-refractivity contribution in [2.45, 2.75) is 39.3 Å². The molecule has 8 heteroatoms. The zero-order valence-corrected chi connectivity index (χ0v) is 17.6. The van der Waals surface area contributed by atoms with E-state index in [1.807, 2.05) is 4.57 Å². The van der Waals surface area contributed by atoms with Crippen molar-refractivity contribution >= 4 is 17.3 Å². The molecule has 0 saturated heterocycles. The number of benzene rings is 1. The molecular weight excluding hydrogens is 387 g/mol. The van der Waals surface area contributed by atoms with Crippen LogP contribution in [0.3, 0.4) is 0 Å². The molecule has 6 nitrogen and oxygen atoms in total. The van der Waals surface area contributed by atoms with Crippen LogP contribution in [0.5, 0.6) is 0 Å². The normalized spacial score (nSPS) is 12.7. The lowest BCUT2D eigenvalue weighted by atomic mass is 10.1. The Kier molecular flexibility index (Phi) is 7.75. The molecule has 2 heterocycles. The van der Waals surface area contributed by atoms with Gasteiger partial charge in [0.05, 0.1) is 6.04 Å². The third-order valence-electron chi connectivity index (χ3n) is 4.56. The predicted molar refractivity (Wildman–Crippen MR) is 116 cm³/mol. The Bertz CT molecular complexity index is 888. The van der Waals surface area contributed by atoms with E-state index >= 15 is 0 Å². The SMILES string of the molecule is CCc1nncn1CCNC(=NCCc1ccc(F)cc1)NC(C)c1cccs1. The van der Waals surface area contributed by atoms with Crippen LogP contribution >= 0.6 is 11.3 Å². The Balaban J connectivity index is 1.59. The number of rotatable bonds is 9.